The second-order valence-corrected chi connectivity index (χ2v) is 5.91. The van der Waals surface area contributed by atoms with Crippen molar-refractivity contribution in [3.8, 4) is 0 Å². The van der Waals surface area contributed by atoms with E-state index >= 15 is 0 Å². The van der Waals surface area contributed by atoms with Crippen LogP contribution in [0.5, 0.6) is 0 Å². The van der Waals surface area contributed by atoms with E-state index in [9.17, 15) is 8.78 Å². The third kappa shape index (κ3) is 6.24. The zero-order chi connectivity index (χ0) is 15.9. The van der Waals surface area contributed by atoms with E-state index in [-0.39, 0.29) is 29.8 Å². The first-order valence-electron chi connectivity index (χ1n) is 8.07. The van der Waals surface area contributed by atoms with E-state index in [1.54, 1.807) is 0 Å². The van der Waals surface area contributed by atoms with Crippen molar-refractivity contribution >= 4 is 29.9 Å². The normalized spacial score (nSPS) is 18.5. The van der Waals surface area contributed by atoms with Gasteiger partial charge in [-0.05, 0) is 55.9 Å². The molecule has 1 aliphatic heterocycles. The van der Waals surface area contributed by atoms with E-state index in [1.807, 2.05) is 6.92 Å². The Morgan fingerprint density at radius 2 is 2.17 bits per heavy atom. The molecule has 1 aromatic carbocycles. The van der Waals surface area contributed by atoms with Crippen molar-refractivity contribution in [1.29, 1.82) is 0 Å². The number of aliphatic imine (C=N–C) groups is 1. The van der Waals surface area contributed by atoms with Crippen LogP contribution in [0.25, 0.3) is 0 Å². The van der Waals surface area contributed by atoms with E-state index < -0.39 is 5.82 Å². The summed E-state index contributed by atoms with van der Waals surface area (Å²) >= 11 is 0. The van der Waals surface area contributed by atoms with Crippen molar-refractivity contribution in [2.24, 2.45) is 10.9 Å². The summed E-state index contributed by atoms with van der Waals surface area (Å²) in [4.78, 5) is 6.84. The molecule has 0 aromatic heterocycles. The van der Waals surface area contributed by atoms with Crippen molar-refractivity contribution < 1.29 is 8.78 Å². The fourth-order valence-corrected chi connectivity index (χ4v) is 2.82. The van der Waals surface area contributed by atoms with E-state index in [2.05, 4.69) is 22.1 Å². The van der Waals surface area contributed by atoms with Gasteiger partial charge in [0, 0.05) is 26.2 Å². The highest BCUT2D eigenvalue weighted by molar-refractivity contribution is 14.0. The van der Waals surface area contributed by atoms with Crippen molar-refractivity contribution in [2.45, 2.75) is 33.1 Å². The summed E-state index contributed by atoms with van der Waals surface area (Å²) in [7, 11) is 0. The number of hydrogen-bond acceptors (Lipinski definition) is 1. The van der Waals surface area contributed by atoms with Crippen molar-refractivity contribution in [2.75, 3.05) is 26.2 Å². The topological polar surface area (TPSA) is 27.6 Å². The Morgan fingerprint density at radius 1 is 1.39 bits per heavy atom. The summed E-state index contributed by atoms with van der Waals surface area (Å²) in [6, 6.07) is 3.56. The summed E-state index contributed by atoms with van der Waals surface area (Å²) in [5.74, 6) is 0.773. The maximum atomic E-state index is 13.6. The zero-order valence-electron chi connectivity index (χ0n) is 13.8. The van der Waals surface area contributed by atoms with Crippen LogP contribution in [0.4, 0.5) is 8.78 Å². The first-order chi connectivity index (χ1) is 10.6. The number of halogens is 3. The maximum Gasteiger partial charge on any atom is 0.193 e. The number of likely N-dealkylation sites (tertiary alicyclic amines) is 1. The smallest absolute Gasteiger partial charge is 0.193 e. The highest BCUT2D eigenvalue weighted by Crippen LogP contribution is 2.15. The summed E-state index contributed by atoms with van der Waals surface area (Å²) in [6.07, 6.45) is 2.83. The van der Waals surface area contributed by atoms with Crippen LogP contribution in [0.1, 0.15) is 32.3 Å². The zero-order valence-corrected chi connectivity index (χ0v) is 16.1. The second kappa shape index (κ2) is 10.1. The molecule has 6 heteroatoms. The molecule has 0 aliphatic carbocycles. The minimum atomic E-state index is -0.405. The minimum Gasteiger partial charge on any atom is -0.357 e. The lowest BCUT2D eigenvalue weighted by molar-refractivity contribution is 0.266. The fraction of sp³-hybridized carbons (Fsp3) is 0.588. The highest BCUT2D eigenvalue weighted by atomic mass is 127. The Bertz CT molecular complexity index is 523. The number of benzene rings is 1. The molecule has 1 aliphatic rings. The molecule has 1 unspecified atom stereocenters. The molecule has 0 radical (unpaired) electrons. The molecule has 1 fully saturated rings. The largest absolute Gasteiger partial charge is 0.357 e. The Balaban J connectivity index is 0.00000264. The van der Waals surface area contributed by atoms with Gasteiger partial charge in [-0.25, -0.2) is 8.78 Å². The molecule has 0 saturated carbocycles. The quantitative estimate of drug-likeness (QED) is 0.441. The van der Waals surface area contributed by atoms with Crippen LogP contribution in [-0.4, -0.2) is 37.0 Å². The molecule has 23 heavy (non-hydrogen) atoms. The van der Waals surface area contributed by atoms with E-state index in [1.165, 1.54) is 25.0 Å². The highest BCUT2D eigenvalue weighted by Gasteiger charge is 2.19. The minimum absolute atomic E-state index is 0. The molecule has 0 amide bonds. The standard InChI is InChI=1S/C17H25F2N3.HI/c1-3-20-17(22-10-4-5-13(2)12-22)21-9-8-14-11-15(18)6-7-16(14)19;/h6-7,11,13H,3-5,8-10,12H2,1-2H3,(H,20,21);1H. The Kier molecular flexibility index (Phi) is 8.79. The van der Waals surface area contributed by atoms with Crippen LogP contribution in [-0.2, 0) is 6.42 Å². The summed E-state index contributed by atoms with van der Waals surface area (Å²) in [5, 5.41) is 3.29. The lowest BCUT2D eigenvalue weighted by Crippen LogP contribution is -2.46. The molecule has 2 rings (SSSR count). The molecule has 1 heterocycles. The molecule has 1 saturated heterocycles. The van der Waals surface area contributed by atoms with Gasteiger partial charge in [0.25, 0.3) is 0 Å². The summed E-state index contributed by atoms with van der Waals surface area (Å²) in [6.45, 7) is 7.54. The predicted octanol–water partition coefficient (Wildman–Crippen LogP) is 3.82. The summed E-state index contributed by atoms with van der Waals surface area (Å²) in [5.41, 5.74) is 0.381. The van der Waals surface area contributed by atoms with Gasteiger partial charge >= 0.3 is 0 Å². The van der Waals surface area contributed by atoms with Crippen molar-refractivity contribution in [3.63, 3.8) is 0 Å². The number of hydrogen-bond donors (Lipinski definition) is 1. The fourth-order valence-electron chi connectivity index (χ4n) is 2.82. The van der Waals surface area contributed by atoms with Gasteiger partial charge in [-0.1, -0.05) is 6.92 Å². The number of piperidine rings is 1. The molecule has 0 spiro atoms. The van der Waals surface area contributed by atoms with Gasteiger partial charge in [0.05, 0.1) is 0 Å². The van der Waals surface area contributed by atoms with Gasteiger partial charge in [0.1, 0.15) is 11.6 Å². The average Bonchev–Trinajstić information content (AvgIpc) is 2.50. The molecular formula is C17H26F2IN3. The molecule has 3 nitrogen and oxygen atoms in total. The van der Waals surface area contributed by atoms with Crippen LogP contribution in [0.2, 0.25) is 0 Å². The number of nitrogens with zero attached hydrogens (tertiary/aromatic N) is 2. The lowest BCUT2D eigenvalue weighted by Gasteiger charge is -2.33. The van der Waals surface area contributed by atoms with Gasteiger partial charge in [0.15, 0.2) is 5.96 Å². The molecular weight excluding hydrogens is 411 g/mol. The van der Waals surface area contributed by atoms with Crippen molar-refractivity contribution in [1.82, 2.24) is 10.2 Å². The van der Waals surface area contributed by atoms with Crippen LogP contribution in [0, 0.1) is 17.6 Å². The molecule has 0 bridgehead atoms. The monoisotopic (exact) mass is 437 g/mol. The second-order valence-electron chi connectivity index (χ2n) is 5.91. The number of rotatable bonds is 4. The van der Waals surface area contributed by atoms with Gasteiger partial charge < -0.3 is 10.2 Å². The molecule has 1 N–H and O–H groups in total. The van der Waals surface area contributed by atoms with Crippen molar-refractivity contribution in [3.05, 3.63) is 35.4 Å². The van der Waals surface area contributed by atoms with E-state index in [0.29, 0.717) is 24.4 Å². The summed E-state index contributed by atoms with van der Waals surface area (Å²) < 4.78 is 26.8. The third-order valence-electron chi connectivity index (χ3n) is 3.94. The lowest BCUT2D eigenvalue weighted by atomic mass is 10.0. The van der Waals surface area contributed by atoms with Gasteiger partial charge in [-0.15, -0.1) is 24.0 Å². The van der Waals surface area contributed by atoms with Gasteiger partial charge in [-0.3, -0.25) is 4.99 Å². The van der Waals surface area contributed by atoms with Crippen LogP contribution in [0.3, 0.4) is 0 Å². The van der Waals surface area contributed by atoms with E-state index in [4.69, 9.17) is 0 Å². The Labute approximate surface area is 154 Å². The van der Waals surface area contributed by atoms with E-state index in [0.717, 1.165) is 31.7 Å². The van der Waals surface area contributed by atoms with Gasteiger partial charge in [0.2, 0.25) is 0 Å². The first-order valence-corrected chi connectivity index (χ1v) is 8.07. The SMILES string of the molecule is CCNC(=NCCc1cc(F)ccc1F)N1CCCC(C)C1.I. The predicted molar refractivity (Wildman–Crippen MR) is 101 cm³/mol. The molecule has 130 valence electrons. The van der Waals surface area contributed by atoms with Crippen LogP contribution < -0.4 is 5.32 Å². The van der Waals surface area contributed by atoms with Crippen LogP contribution >= 0.6 is 24.0 Å². The molecule has 1 atom stereocenters. The Morgan fingerprint density at radius 3 is 2.87 bits per heavy atom. The average molecular weight is 437 g/mol. The number of nitrogens with one attached hydrogen (secondary N) is 1. The number of guanidine groups is 1. The van der Waals surface area contributed by atoms with Crippen LogP contribution in [0.15, 0.2) is 23.2 Å². The Hall–Kier alpha value is -0.920. The third-order valence-corrected chi connectivity index (χ3v) is 3.94. The van der Waals surface area contributed by atoms with Gasteiger partial charge in [-0.2, -0.15) is 0 Å². The first kappa shape index (κ1) is 20.1. The maximum absolute atomic E-state index is 13.6. The molecule has 1 aromatic rings.